The van der Waals surface area contributed by atoms with E-state index in [2.05, 4.69) is 31.7 Å². The van der Waals surface area contributed by atoms with Crippen molar-refractivity contribution in [2.45, 2.75) is 19.8 Å². The first kappa shape index (κ1) is 26.7. The van der Waals surface area contributed by atoms with Gasteiger partial charge in [0.15, 0.2) is 5.82 Å². The predicted octanol–water partition coefficient (Wildman–Crippen LogP) is 5.84. The number of hydrogen-bond acceptors (Lipinski definition) is 8. The minimum atomic E-state index is -0.708. The molecule has 0 fully saturated rings. The maximum atomic E-state index is 11.5. The Morgan fingerprint density at radius 3 is 1.78 bits per heavy atom. The van der Waals surface area contributed by atoms with Crippen LogP contribution in [0.4, 0.5) is 0 Å². The van der Waals surface area contributed by atoms with Gasteiger partial charge in [-0.15, -0.1) is 0 Å². The molecule has 0 spiro atoms. The summed E-state index contributed by atoms with van der Waals surface area (Å²) in [4.78, 5) is 43.7. The Balaban J connectivity index is 0.000000206. The highest BCUT2D eigenvalue weighted by molar-refractivity contribution is 5.92. The molecule has 4 aromatic rings. The van der Waals surface area contributed by atoms with Crippen LogP contribution in [0.15, 0.2) is 97.6 Å². The molecular formula is C29H27N3O5. The first-order valence-corrected chi connectivity index (χ1v) is 11.7. The van der Waals surface area contributed by atoms with Gasteiger partial charge in [-0.25, -0.2) is 34.3 Å². The van der Waals surface area contributed by atoms with Crippen LogP contribution in [0.3, 0.4) is 0 Å². The zero-order valence-electron chi connectivity index (χ0n) is 20.4. The summed E-state index contributed by atoms with van der Waals surface area (Å²) in [6, 6.07) is 24.5. The molecule has 0 aliphatic carbocycles. The number of carbonyl (C=O) groups is 2. The second kappa shape index (κ2) is 15.2. The van der Waals surface area contributed by atoms with Crippen molar-refractivity contribution in [1.29, 1.82) is 0 Å². The molecule has 8 nitrogen and oxygen atoms in total. The first-order chi connectivity index (χ1) is 18.2. The maximum absolute atomic E-state index is 11.5. The smallest absolute Gasteiger partial charge is 0.386 e. The highest BCUT2D eigenvalue weighted by Crippen LogP contribution is 2.14. The van der Waals surface area contributed by atoms with E-state index in [1.807, 2.05) is 36.4 Å². The molecule has 0 atom stereocenters. The minimum Gasteiger partial charge on any atom is -0.494 e. The largest absolute Gasteiger partial charge is 0.494 e. The monoisotopic (exact) mass is 497 g/mol. The second-order valence-corrected chi connectivity index (χ2v) is 7.57. The van der Waals surface area contributed by atoms with Gasteiger partial charge in [0, 0.05) is 0 Å². The van der Waals surface area contributed by atoms with Crippen LogP contribution >= 0.6 is 0 Å². The van der Waals surface area contributed by atoms with Crippen LogP contribution in [0.1, 0.15) is 51.9 Å². The normalized spacial score (nSPS) is 10.2. The van der Waals surface area contributed by atoms with E-state index in [0.717, 1.165) is 30.8 Å². The van der Waals surface area contributed by atoms with Crippen molar-refractivity contribution in [3.63, 3.8) is 0 Å². The van der Waals surface area contributed by atoms with Gasteiger partial charge in [0.25, 0.3) is 0 Å². The van der Waals surface area contributed by atoms with Gasteiger partial charge < -0.3 is 4.74 Å². The van der Waals surface area contributed by atoms with Gasteiger partial charge >= 0.3 is 11.9 Å². The van der Waals surface area contributed by atoms with Crippen molar-refractivity contribution in [3.05, 3.63) is 120 Å². The van der Waals surface area contributed by atoms with E-state index >= 15 is 0 Å². The van der Waals surface area contributed by atoms with Gasteiger partial charge in [-0.3, -0.25) is 0 Å². The Morgan fingerprint density at radius 1 is 0.730 bits per heavy atom. The lowest BCUT2D eigenvalue weighted by molar-refractivity contribution is -0.187. The van der Waals surface area contributed by atoms with Crippen LogP contribution in [0.2, 0.25) is 0 Å². The molecule has 0 unspecified atom stereocenters. The minimum absolute atomic E-state index is 0.318. The molecule has 3 aromatic carbocycles. The fraction of sp³-hybridized carbons (Fsp3) is 0.138. The third kappa shape index (κ3) is 9.73. The average molecular weight is 498 g/mol. The predicted molar refractivity (Wildman–Crippen MR) is 139 cm³/mol. The van der Waals surface area contributed by atoms with Gasteiger partial charge in [0.05, 0.1) is 17.7 Å². The summed E-state index contributed by atoms with van der Waals surface area (Å²) in [6.45, 7) is 2.93. The van der Waals surface area contributed by atoms with Gasteiger partial charge in [-0.05, 0) is 54.5 Å². The lowest BCUT2D eigenvalue weighted by Gasteiger charge is -2.04. The van der Waals surface area contributed by atoms with Crippen LogP contribution in [-0.4, -0.2) is 33.5 Å². The van der Waals surface area contributed by atoms with E-state index < -0.39 is 11.9 Å². The van der Waals surface area contributed by atoms with E-state index in [1.165, 1.54) is 12.7 Å². The quantitative estimate of drug-likeness (QED) is 0.170. The third-order valence-electron chi connectivity index (χ3n) is 4.80. The van der Waals surface area contributed by atoms with E-state index in [4.69, 9.17) is 4.74 Å². The van der Waals surface area contributed by atoms with E-state index in [9.17, 15) is 9.59 Å². The molecule has 37 heavy (non-hydrogen) atoms. The highest BCUT2D eigenvalue weighted by atomic mass is 17.2. The standard InChI is InChI=1S/C15H17N3O.C14H10O4/c1-2-3-10-19-14-7-4-13(5-8-14)6-9-15-17-11-16-12-18-15;15-13(11-7-3-1-4-8-11)17-18-14(16)12-9-5-2-6-10-12/h4-9,11-12H,2-3,10H2,1H3;1-10H. The van der Waals surface area contributed by atoms with Crippen molar-refractivity contribution < 1.29 is 24.1 Å². The molecule has 1 aromatic heterocycles. The molecule has 0 saturated carbocycles. The zero-order chi connectivity index (χ0) is 26.1. The number of nitrogens with zero attached hydrogens (tertiary/aromatic N) is 3. The Morgan fingerprint density at radius 2 is 1.27 bits per heavy atom. The molecule has 0 aliphatic heterocycles. The van der Waals surface area contributed by atoms with Crippen LogP contribution in [0, 0.1) is 0 Å². The van der Waals surface area contributed by atoms with Gasteiger partial charge in [0.2, 0.25) is 0 Å². The summed E-state index contributed by atoms with van der Waals surface area (Å²) in [5.74, 6) is 0.142. The molecule has 0 amide bonds. The molecule has 0 bridgehead atoms. The summed E-state index contributed by atoms with van der Waals surface area (Å²) >= 11 is 0. The third-order valence-corrected chi connectivity index (χ3v) is 4.80. The lowest BCUT2D eigenvalue weighted by Crippen LogP contribution is -2.11. The molecule has 1 heterocycles. The molecule has 0 N–H and O–H groups in total. The molecule has 0 aliphatic rings. The summed E-state index contributed by atoms with van der Waals surface area (Å²) in [7, 11) is 0. The molecular weight excluding hydrogens is 470 g/mol. The summed E-state index contributed by atoms with van der Waals surface area (Å²) in [6.07, 6.45) is 9.02. The number of rotatable bonds is 8. The van der Waals surface area contributed by atoms with Crippen molar-refractivity contribution in [2.75, 3.05) is 6.61 Å². The molecule has 0 radical (unpaired) electrons. The first-order valence-electron chi connectivity index (χ1n) is 11.7. The van der Waals surface area contributed by atoms with Crippen LogP contribution in [-0.2, 0) is 9.78 Å². The average Bonchev–Trinajstić information content (AvgIpc) is 2.97. The number of benzene rings is 3. The van der Waals surface area contributed by atoms with Crippen molar-refractivity contribution in [3.8, 4) is 5.75 Å². The topological polar surface area (TPSA) is 100 Å². The van der Waals surface area contributed by atoms with Crippen LogP contribution in [0.25, 0.3) is 12.2 Å². The highest BCUT2D eigenvalue weighted by Gasteiger charge is 2.13. The number of carbonyl (C=O) groups excluding carboxylic acids is 2. The summed E-state index contributed by atoms with van der Waals surface area (Å²) in [5.41, 5.74) is 1.72. The molecule has 0 saturated heterocycles. The number of ether oxygens (including phenoxy) is 1. The number of aromatic nitrogens is 3. The summed E-state index contributed by atoms with van der Waals surface area (Å²) < 4.78 is 5.61. The Bertz CT molecular complexity index is 1200. The number of unbranched alkanes of at least 4 members (excludes halogenated alkanes) is 1. The van der Waals surface area contributed by atoms with E-state index in [1.54, 1.807) is 60.7 Å². The molecule has 188 valence electrons. The fourth-order valence-corrected chi connectivity index (χ4v) is 2.83. The summed E-state index contributed by atoms with van der Waals surface area (Å²) in [5, 5.41) is 0. The SMILES string of the molecule is CCCCOc1ccc(C=Cc2ncncn2)cc1.O=C(OOC(=O)c1ccccc1)c1ccccc1. The fourth-order valence-electron chi connectivity index (χ4n) is 2.83. The van der Waals surface area contributed by atoms with Crippen LogP contribution < -0.4 is 4.74 Å². The second-order valence-electron chi connectivity index (χ2n) is 7.57. The Labute approximate surface area is 215 Å². The Kier molecular flexibility index (Phi) is 11.0. The van der Waals surface area contributed by atoms with Gasteiger partial charge in [-0.1, -0.05) is 68.0 Å². The van der Waals surface area contributed by atoms with Crippen molar-refractivity contribution in [1.82, 2.24) is 15.0 Å². The van der Waals surface area contributed by atoms with E-state index in [0.29, 0.717) is 17.0 Å². The van der Waals surface area contributed by atoms with Crippen molar-refractivity contribution >= 4 is 24.1 Å². The van der Waals surface area contributed by atoms with Gasteiger partial charge in [0.1, 0.15) is 18.4 Å². The maximum Gasteiger partial charge on any atom is 0.386 e. The van der Waals surface area contributed by atoms with Gasteiger partial charge in [-0.2, -0.15) is 0 Å². The number of hydrogen-bond donors (Lipinski definition) is 0. The molecule has 8 heteroatoms. The zero-order valence-corrected chi connectivity index (χ0v) is 20.4. The van der Waals surface area contributed by atoms with Crippen LogP contribution in [0.5, 0.6) is 5.75 Å². The lowest BCUT2D eigenvalue weighted by atomic mass is 10.2. The van der Waals surface area contributed by atoms with Crippen molar-refractivity contribution in [2.24, 2.45) is 0 Å². The molecule has 4 rings (SSSR count). The van der Waals surface area contributed by atoms with E-state index in [-0.39, 0.29) is 0 Å². The Hall–Kier alpha value is -4.85.